The summed E-state index contributed by atoms with van der Waals surface area (Å²) in [4.78, 5) is 9.08. The van der Waals surface area contributed by atoms with Crippen molar-refractivity contribution in [1.29, 1.82) is 0 Å². The summed E-state index contributed by atoms with van der Waals surface area (Å²) in [6.07, 6.45) is 8.84. The number of nitrogens with zero attached hydrogens (tertiary/aromatic N) is 3. The molecular weight excluding hydrogens is 358 g/mol. The zero-order valence-electron chi connectivity index (χ0n) is 16.7. The molecule has 2 rings (SSSR count). The fourth-order valence-electron chi connectivity index (χ4n) is 2.85. The minimum atomic E-state index is 0.463. The summed E-state index contributed by atoms with van der Waals surface area (Å²) >= 11 is 1.60. The van der Waals surface area contributed by atoms with E-state index < -0.39 is 0 Å². The largest absolute Gasteiger partial charge is 0.382 e. The molecule has 2 aromatic heterocycles. The predicted molar refractivity (Wildman–Crippen MR) is 115 cm³/mol. The van der Waals surface area contributed by atoms with E-state index in [0.717, 1.165) is 67.6 Å². The van der Waals surface area contributed by atoms with Gasteiger partial charge >= 0.3 is 0 Å². The second-order valence-corrected chi connectivity index (χ2v) is 7.00. The van der Waals surface area contributed by atoms with Gasteiger partial charge in [-0.3, -0.25) is 4.72 Å². The van der Waals surface area contributed by atoms with Crippen LogP contribution in [0.3, 0.4) is 0 Å². The number of hydrogen-bond acceptors (Lipinski definition) is 6. The number of rotatable bonds is 11. The summed E-state index contributed by atoms with van der Waals surface area (Å²) in [6.45, 7) is 7.21. The molecule has 0 aliphatic rings. The van der Waals surface area contributed by atoms with Crippen molar-refractivity contribution in [3.63, 3.8) is 0 Å². The lowest BCUT2D eigenvalue weighted by Gasteiger charge is -2.10. The highest BCUT2D eigenvalue weighted by Crippen LogP contribution is 2.24. The molecule has 0 unspecified atom stereocenters. The lowest BCUT2D eigenvalue weighted by molar-refractivity contribution is 0.132. The molecule has 6 nitrogen and oxygen atoms in total. The van der Waals surface area contributed by atoms with Gasteiger partial charge in [-0.15, -0.1) is 0 Å². The Morgan fingerprint density at radius 1 is 1.30 bits per heavy atom. The molecule has 0 spiro atoms. The van der Waals surface area contributed by atoms with Gasteiger partial charge in [-0.1, -0.05) is 44.1 Å². The van der Waals surface area contributed by atoms with E-state index in [1.54, 1.807) is 18.1 Å². The Balaban J connectivity index is 2.28. The number of aryl methyl sites for hydroxylation is 1. The van der Waals surface area contributed by atoms with E-state index in [0.29, 0.717) is 19.0 Å². The van der Waals surface area contributed by atoms with Crippen molar-refractivity contribution in [2.24, 2.45) is 0 Å². The molecule has 0 bridgehead atoms. The first-order chi connectivity index (χ1) is 13.2. The number of anilines is 1. The molecule has 0 radical (unpaired) electrons. The van der Waals surface area contributed by atoms with Crippen LogP contribution in [0, 0.1) is 11.8 Å². The van der Waals surface area contributed by atoms with E-state index in [-0.39, 0.29) is 0 Å². The van der Waals surface area contributed by atoms with E-state index >= 15 is 0 Å². The Kier molecular flexibility index (Phi) is 9.46. The van der Waals surface area contributed by atoms with Crippen LogP contribution in [-0.2, 0) is 17.7 Å². The number of ether oxygens (including phenoxy) is 1. The van der Waals surface area contributed by atoms with Gasteiger partial charge in [0.05, 0.1) is 24.3 Å². The maximum absolute atomic E-state index is 6.11. The topological polar surface area (TPSA) is 78.0 Å². The van der Waals surface area contributed by atoms with Gasteiger partial charge < -0.3 is 15.0 Å². The first-order valence-electron chi connectivity index (χ1n) is 9.68. The number of nitrogens with two attached hydrogens (primary N) is 1. The summed E-state index contributed by atoms with van der Waals surface area (Å²) in [6, 6.07) is 0. The summed E-state index contributed by atoms with van der Waals surface area (Å²) in [5.41, 5.74) is 8.75. The quantitative estimate of drug-likeness (QED) is 0.348. The van der Waals surface area contributed by atoms with Gasteiger partial charge in [0, 0.05) is 32.1 Å². The SMILES string of the molecule is CCCCC#Cc1cnc(N)c2nc(CCC)n(CCOCCNSC)c12. The number of fused-ring (bicyclic) bond motifs is 1. The molecule has 0 aliphatic heterocycles. The summed E-state index contributed by atoms with van der Waals surface area (Å²) in [7, 11) is 0. The monoisotopic (exact) mass is 389 g/mol. The fourth-order valence-corrected chi connectivity index (χ4v) is 3.14. The van der Waals surface area contributed by atoms with Gasteiger partial charge in [0.15, 0.2) is 5.82 Å². The first-order valence-corrected chi connectivity index (χ1v) is 10.9. The number of unbranched alkanes of at least 4 members (excludes halogenated alkanes) is 2. The molecule has 0 saturated carbocycles. The van der Waals surface area contributed by atoms with E-state index in [9.17, 15) is 0 Å². The van der Waals surface area contributed by atoms with E-state index in [1.165, 1.54) is 0 Å². The third kappa shape index (κ3) is 6.13. The Hall–Kier alpha value is -1.75. The van der Waals surface area contributed by atoms with Crippen molar-refractivity contribution in [2.75, 3.05) is 31.7 Å². The van der Waals surface area contributed by atoms with Crippen LogP contribution in [0.4, 0.5) is 5.82 Å². The molecule has 0 atom stereocenters. The number of nitrogens with one attached hydrogen (secondary N) is 1. The highest BCUT2D eigenvalue weighted by atomic mass is 32.2. The molecule has 27 heavy (non-hydrogen) atoms. The summed E-state index contributed by atoms with van der Waals surface area (Å²) in [5, 5.41) is 0. The Bertz CT molecular complexity index is 778. The molecule has 3 N–H and O–H groups in total. The molecule has 7 heteroatoms. The van der Waals surface area contributed by atoms with Gasteiger partial charge in [-0.25, -0.2) is 9.97 Å². The third-order valence-corrected chi connectivity index (χ3v) is 4.67. The van der Waals surface area contributed by atoms with Crippen LogP contribution >= 0.6 is 11.9 Å². The Morgan fingerprint density at radius 2 is 2.15 bits per heavy atom. The third-order valence-electron chi connectivity index (χ3n) is 4.18. The Labute approximate surface area is 166 Å². The Morgan fingerprint density at radius 3 is 2.89 bits per heavy atom. The van der Waals surface area contributed by atoms with Gasteiger partial charge in [-0.05, 0) is 19.1 Å². The lowest BCUT2D eigenvalue weighted by atomic mass is 10.2. The molecule has 0 saturated heterocycles. The van der Waals surface area contributed by atoms with Crippen molar-refractivity contribution < 1.29 is 4.74 Å². The van der Waals surface area contributed by atoms with Gasteiger partial charge in [0.25, 0.3) is 0 Å². The molecule has 0 amide bonds. The number of hydrogen-bond donors (Lipinski definition) is 2. The van der Waals surface area contributed by atoms with Crippen LogP contribution < -0.4 is 10.5 Å². The van der Waals surface area contributed by atoms with E-state index in [2.05, 4.69) is 40.0 Å². The first kappa shape index (κ1) is 21.5. The van der Waals surface area contributed by atoms with E-state index in [4.69, 9.17) is 15.5 Å². The van der Waals surface area contributed by atoms with Crippen molar-refractivity contribution in [2.45, 2.75) is 52.5 Å². The fraction of sp³-hybridized carbons (Fsp3) is 0.600. The molecule has 2 heterocycles. The number of aromatic nitrogens is 3. The zero-order chi connectivity index (χ0) is 19.5. The number of imidazole rings is 1. The average molecular weight is 390 g/mol. The summed E-state index contributed by atoms with van der Waals surface area (Å²) < 4.78 is 11.2. The number of pyridine rings is 1. The van der Waals surface area contributed by atoms with Crippen molar-refractivity contribution in [3.8, 4) is 11.8 Å². The van der Waals surface area contributed by atoms with Crippen LogP contribution in [0.25, 0.3) is 11.0 Å². The minimum Gasteiger partial charge on any atom is -0.382 e. The highest BCUT2D eigenvalue weighted by Gasteiger charge is 2.16. The molecule has 0 aromatic carbocycles. The van der Waals surface area contributed by atoms with Crippen molar-refractivity contribution in [3.05, 3.63) is 17.6 Å². The molecular formula is C20H31N5OS. The molecule has 0 fully saturated rings. The second-order valence-electron chi connectivity index (χ2n) is 6.30. The lowest BCUT2D eigenvalue weighted by Crippen LogP contribution is -2.15. The summed E-state index contributed by atoms with van der Waals surface area (Å²) in [5.74, 6) is 8.03. The predicted octanol–water partition coefficient (Wildman–Crippen LogP) is 3.39. The van der Waals surface area contributed by atoms with Crippen LogP contribution in [0.15, 0.2) is 6.20 Å². The smallest absolute Gasteiger partial charge is 0.151 e. The van der Waals surface area contributed by atoms with E-state index in [1.807, 2.05) is 6.26 Å². The van der Waals surface area contributed by atoms with Crippen LogP contribution in [0.5, 0.6) is 0 Å². The normalized spacial score (nSPS) is 10.9. The highest BCUT2D eigenvalue weighted by molar-refractivity contribution is 7.96. The average Bonchev–Trinajstić information content (AvgIpc) is 3.03. The van der Waals surface area contributed by atoms with Crippen molar-refractivity contribution in [1.82, 2.24) is 19.3 Å². The number of nitrogen functional groups attached to an aromatic ring is 1. The van der Waals surface area contributed by atoms with Gasteiger partial charge in [0.1, 0.15) is 11.3 Å². The van der Waals surface area contributed by atoms with Gasteiger partial charge in [-0.2, -0.15) is 0 Å². The maximum Gasteiger partial charge on any atom is 0.151 e. The molecule has 0 aliphatic carbocycles. The van der Waals surface area contributed by atoms with Crippen LogP contribution in [-0.4, -0.2) is 40.5 Å². The maximum atomic E-state index is 6.11. The molecule has 2 aromatic rings. The van der Waals surface area contributed by atoms with Crippen molar-refractivity contribution >= 4 is 28.8 Å². The van der Waals surface area contributed by atoms with Crippen LogP contribution in [0.1, 0.15) is 50.9 Å². The van der Waals surface area contributed by atoms with Gasteiger partial charge in [0.2, 0.25) is 0 Å². The standard InChI is InChI=1S/C20H31N5OS/c1-4-6-7-8-10-16-15-22-20(21)18-19(16)25(17(24-18)9-5-2)12-14-26-13-11-23-27-3/h15,23H,4-7,9,11-14H2,1-3H3,(H2,21,22). The van der Waals surface area contributed by atoms with Crippen LogP contribution in [0.2, 0.25) is 0 Å². The second kappa shape index (κ2) is 11.9. The molecule has 148 valence electrons. The zero-order valence-corrected chi connectivity index (χ0v) is 17.5. The minimum absolute atomic E-state index is 0.463.